The largest absolute Gasteiger partial charge is 0.480 e. The van der Waals surface area contributed by atoms with E-state index in [1.54, 1.807) is 0 Å². The Hall–Kier alpha value is -1.27. The molecular weight excluding hydrogens is 215 g/mol. The molecule has 1 atom stereocenters. The summed E-state index contributed by atoms with van der Waals surface area (Å²) in [4.78, 5) is 21.3. The smallest absolute Gasteiger partial charge is 0.471 e. The molecule has 0 aromatic heterocycles. The molecule has 0 fully saturated rings. The van der Waals surface area contributed by atoms with Gasteiger partial charge in [0.25, 0.3) is 0 Å². The zero-order valence-corrected chi connectivity index (χ0v) is 8.47. The van der Waals surface area contributed by atoms with Crippen LogP contribution in [0.5, 0.6) is 0 Å². The summed E-state index contributed by atoms with van der Waals surface area (Å²) in [5.41, 5.74) is -1.92. The van der Waals surface area contributed by atoms with Crippen molar-refractivity contribution >= 4 is 11.9 Å². The summed E-state index contributed by atoms with van der Waals surface area (Å²) in [5, 5.41) is 10.2. The number of carbonyl (C=O) groups is 2. The van der Waals surface area contributed by atoms with E-state index in [0.29, 0.717) is 0 Å². The molecular formula is C8H12F3NO3. The number of carboxylic acids is 1. The van der Waals surface area contributed by atoms with Crippen LogP contribution in [0.15, 0.2) is 0 Å². The van der Waals surface area contributed by atoms with Crippen molar-refractivity contribution in [1.29, 1.82) is 0 Å². The molecule has 0 heterocycles. The van der Waals surface area contributed by atoms with E-state index in [1.807, 2.05) is 0 Å². The van der Waals surface area contributed by atoms with Crippen LogP contribution in [-0.4, -0.2) is 28.7 Å². The van der Waals surface area contributed by atoms with E-state index in [9.17, 15) is 22.8 Å². The molecule has 0 aliphatic carbocycles. The third kappa shape index (κ3) is 3.10. The second-order valence-electron chi connectivity index (χ2n) is 3.61. The van der Waals surface area contributed by atoms with Crippen molar-refractivity contribution in [1.82, 2.24) is 5.32 Å². The zero-order valence-electron chi connectivity index (χ0n) is 8.47. The molecule has 4 nitrogen and oxygen atoms in total. The third-order valence-corrected chi connectivity index (χ3v) is 2.23. The third-order valence-electron chi connectivity index (χ3n) is 2.23. The van der Waals surface area contributed by atoms with E-state index in [-0.39, 0.29) is 0 Å². The van der Waals surface area contributed by atoms with Crippen LogP contribution in [0.4, 0.5) is 13.2 Å². The van der Waals surface area contributed by atoms with Gasteiger partial charge in [0.05, 0.1) is 0 Å². The van der Waals surface area contributed by atoms with E-state index in [4.69, 9.17) is 5.11 Å². The molecule has 15 heavy (non-hydrogen) atoms. The van der Waals surface area contributed by atoms with Gasteiger partial charge in [0.2, 0.25) is 0 Å². The van der Waals surface area contributed by atoms with Gasteiger partial charge in [-0.25, -0.2) is 4.79 Å². The standard InChI is InChI=1S/C8H12F3NO3/c1-4(2)7(3,6(14)15)12-5(13)8(9,10)11/h4H,1-3H3,(H,12,13)(H,14,15)/t7-/m1/s1. The van der Waals surface area contributed by atoms with Gasteiger partial charge in [0.1, 0.15) is 5.54 Å². The Kier molecular flexibility index (Phi) is 3.73. The number of nitrogens with one attached hydrogen (secondary N) is 1. The number of aliphatic carboxylic acids is 1. The summed E-state index contributed by atoms with van der Waals surface area (Å²) in [6, 6.07) is 0. The molecule has 7 heteroatoms. The topological polar surface area (TPSA) is 66.4 Å². The Morgan fingerprint density at radius 1 is 1.27 bits per heavy atom. The monoisotopic (exact) mass is 227 g/mol. The van der Waals surface area contributed by atoms with Crippen LogP contribution < -0.4 is 5.32 Å². The van der Waals surface area contributed by atoms with Crippen molar-refractivity contribution in [3.63, 3.8) is 0 Å². The van der Waals surface area contributed by atoms with Crippen LogP contribution in [0.3, 0.4) is 0 Å². The van der Waals surface area contributed by atoms with Crippen molar-refractivity contribution in [2.24, 2.45) is 5.92 Å². The summed E-state index contributed by atoms with van der Waals surface area (Å²) in [5.74, 6) is -4.42. The molecule has 0 aliphatic rings. The average molecular weight is 227 g/mol. The highest BCUT2D eigenvalue weighted by molar-refractivity contribution is 5.89. The number of carbonyl (C=O) groups excluding carboxylic acids is 1. The maximum atomic E-state index is 11.9. The molecule has 0 saturated heterocycles. The number of amides is 1. The highest BCUT2D eigenvalue weighted by Crippen LogP contribution is 2.21. The molecule has 1 amide bonds. The predicted octanol–water partition coefficient (Wildman–Crippen LogP) is 1.16. The summed E-state index contributed by atoms with van der Waals surface area (Å²) >= 11 is 0. The van der Waals surface area contributed by atoms with Gasteiger partial charge in [-0.15, -0.1) is 0 Å². The van der Waals surface area contributed by atoms with E-state index in [0.717, 1.165) is 6.92 Å². The molecule has 0 rings (SSSR count). The lowest BCUT2D eigenvalue weighted by atomic mass is 9.88. The first-order valence-electron chi connectivity index (χ1n) is 4.14. The molecule has 2 N–H and O–H groups in total. The maximum absolute atomic E-state index is 11.9. The lowest BCUT2D eigenvalue weighted by Gasteiger charge is -2.30. The highest BCUT2D eigenvalue weighted by atomic mass is 19.4. The first-order chi connectivity index (χ1) is 6.51. The molecule has 0 aromatic rings. The van der Waals surface area contributed by atoms with E-state index >= 15 is 0 Å². The van der Waals surface area contributed by atoms with E-state index in [2.05, 4.69) is 0 Å². The number of carboxylic acid groups (broad SMARTS) is 1. The fraction of sp³-hybridized carbons (Fsp3) is 0.750. The molecule has 0 aliphatic heterocycles. The Morgan fingerprint density at radius 2 is 1.67 bits per heavy atom. The van der Waals surface area contributed by atoms with Gasteiger partial charge >= 0.3 is 18.1 Å². The summed E-state index contributed by atoms with van der Waals surface area (Å²) in [6.45, 7) is 3.85. The quantitative estimate of drug-likeness (QED) is 0.760. The van der Waals surface area contributed by atoms with Gasteiger partial charge < -0.3 is 10.4 Å². The first-order valence-corrected chi connectivity index (χ1v) is 4.14. The predicted molar refractivity (Wildman–Crippen MR) is 45.1 cm³/mol. The van der Waals surface area contributed by atoms with Crippen LogP contribution in [0, 0.1) is 5.92 Å². The summed E-state index contributed by atoms with van der Waals surface area (Å²) < 4.78 is 35.7. The summed E-state index contributed by atoms with van der Waals surface area (Å²) in [7, 11) is 0. The molecule has 88 valence electrons. The highest BCUT2D eigenvalue weighted by Gasteiger charge is 2.46. The average Bonchev–Trinajstić information content (AvgIpc) is 2.01. The fourth-order valence-electron chi connectivity index (χ4n) is 0.751. The molecule has 0 radical (unpaired) electrons. The zero-order chi connectivity index (χ0) is 12.4. The van der Waals surface area contributed by atoms with Crippen LogP contribution in [0.2, 0.25) is 0 Å². The molecule has 0 spiro atoms. The number of hydrogen-bond donors (Lipinski definition) is 2. The lowest BCUT2D eigenvalue weighted by molar-refractivity contribution is -0.178. The number of rotatable bonds is 3. The van der Waals surface area contributed by atoms with E-state index < -0.39 is 29.5 Å². The second-order valence-corrected chi connectivity index (χ2v) is 3.61. The second kappa shape index (κ2) is 4.08. The van der Waals surface area contributed by atoms with Crippen molar-refractivity contribution in [3.8, 4) is 0 Å². The Balaban J connectivity index is 4.88. The van der Waals surface area contributed by atoms with Crippen LogP contribution in [0.25, 0.3) is 0 Å². The maximum Gasteiger partial charge on any atom is 0.471 e. The Morgan fingerprint density at radius 3 is 1.87 bits per heavy atom. The Labute approximate surface area is 84.5 Å². The number of halogens is 3. The van der Waals surface area contributed by atoms with Crippen molar-refractivity contribution in [3.05, 3.63) is 0 Å². The van der Waals surface area contributed by atoms with Gasteiger partial charge in [0.15, 0.2) is 0 Å². The van der Waals surface area contributed by atoms with Crippen molar-refractivity contribution in [2.45, 2.75) is 32.5 Å². The number of hydrogen-bond acceptors (Lipinski definition) is 2. The minimum atomic E-state index is -5.08. The Bertz CT molecular complexity index is 275. The summed E-state index contributed by atoms with van der Waals surface area (Å²) in [6.07, 6.45) is -5.08. The van der Waals surface area contributed by atoms with Gasteiger partial charge in [-0.1, -0.05) is 13.8 Å². The van der Waals surface area contributed by atoms with E-state index in [1.165, 1.54) is 19.2 Å². The first kappa shape index (κ1) is 13.7. The minimum Gasteiger partial charge on any atom is -0.480 e. The van der Waals surface area contributed by atoms with Crippen LogP contribution >= 0.6 is 0 Å². The van der Waals surface area contributed by atoms with Gasteiger partial charge in [-0.3, -0.25) is 4.79 Å². The molecule has 0 unspecified atom stereocenters. The molecule has 0 bridgehead atoms. The van der Waals surface area contributed by atoms with Crippen LogP contribution in [0.1, 0.15) is 20.8 Å². The van der Waals surface area contributed by atoms with Crippen molar-refractivity contribution in [2.75, 3.05) is 0 Å². The normalized spacial score (nSPS) is 15.9. The van der Waals surface area contributed by atoms with Crippen LogP contribution in [-0.2, 0) is 9.59 Å². The SMILES string of the molecule is CC(C)[C@@](C)(NC(=O)C(F)(F)F)C(=O)O. The minimum absolute atomic E-state index is 0.665. The number of alkyl halides is 3. The lowest BCUT2D eigenvalue weighted by Crippen LogP contribution is -2.58. The molecule has 0 aromatic carbocycles. The van der Waals surface area contributed by atoms with Gasteiger partial charge in [0, 0.05) is 0 Å². The van der Waals surface area contributed by atoms with Gasteiger partial charge in [-0.05, 0) is 12.8 Å². The molecule has 0 saturated carbocycles. The fourth-order valence-corrected chi connectivity index (χ4v) is 0.751. The van der Waals surface area contributed by atoms with Gasteiger partial charge in [-0.2, -0.15) is 13.2 Å². The van der Waals surface area contributed by atoms with Crippen molar-refractivity contribution < 1.29 is 27.9 Å².